The smallest absolute Gasteiger partial charge is 0.411 e. The van der Waals surface area contributed by atoms with E-state index in [0.29, 0.717) is 16.1 Å². The van der Waals surface area contributed by atoms with Crippen LogP contribution in [-0.2, 0) is 4.79 Å². The lowest BCUT2D eigenvalue weighted by molar-refractivity contribution is -0.124. The van der Waals surface area contributed by atoms with Crippen molar-refractivity contribution in [2.24, 2.45) is 5.92 Å². The Morgan fingerprint density at radius 3 is 2.62 bits per heavy atom. The van der Waals surface area contributed by atoms with Gasteiger partial charge in [0.2, 0.25) is 0 Å². The average molecular weight is 416 g/mol. The third kappa shape index (κ3) is 4.65. The number of methoxy groups -OCH3 is 1. The number of nitriles is 1. The molecule has 2 aromatic rings. The Morgan fingerprint density at radius 2 is 2.07 bits per heavy atom. The molecule has 0 spiro atoms. The van der Waals surface area contributed by atoms with Crippen LogP contribution in [0.25, 0.3) is 11.1 Å². The Morgan fingerprint density at radius 1 is 1.38 bits per heavy atom. The van der Waals surface area contributed by atoms with Gasteiger partial charge in [-0.3, -0.25) is 19.5 Å². The second-order valence-corrected chi connectivity index (χ2v) is 6.57. The van der Waals surface area contributed by atoms with E-state index in [4.69, 9.17) is 21.4 Å². The Balaban J connectivity index is 2.71. The highest BCUT2D eigenvalue weighted by atomic mass is 35.5. The Kier molecular flexibility index (Phi) is 6.80. The zero-order chi connectivity index (χ0) is 21.7. The van der Waals surface area contributed by atoms with Gasteiger partial charge in [0.25, 0.3) is 11.5 Å². The number of allylic oxidation sites excluding steroid dienone is 1. The number of halogens is 1. The molecule has 1 aromatic heterocycles. The maximum Gasteiger partial charge on any atom is 0.411 e. The molecule has 150 valence electrons. The quantitative estimate of drug-likeness (QED) is 0.698. The van der Waals surface area contributed by atoms with Crippen molar-refractivity contribution in [3.05, 3.63) is 64.1 Å². The molecule has 0 aliphatic heterocycles. The normalized spacial score (nSPS) is 12.3. The predicted molar refractivity (Wildman–Crippen MR) is 107 cm³/mol. The minimum Gasteiger partial charge on any atom is -0.495 e. The molecule has 2 rings (SSSR count). The third-order valence-corrected chi connectivity index (χ3v) is 4.56. The van der Waals surface area contributed by atoms with E-state index < -0.39 is 29.5 Å². The van der Waals surface area contributed by atoms with Crippen LogP contribution in [0.2, 0.25) is 5.02 Å². The van der Waals surface area contributed by atoms with Gasteiger partial charge in [-0.05, 0) is 18.2 Å². The van der Waals surface area contributed by atoms with Crippen LogP contribution in [0.3, 0.4) is 0 Å². The van der Waals surface area contributed by atoms with E-state index in [-0.39, 0.29) is 11.3 Å². The fourth-order valence-corrected chi connectivity index (χ4v) is 3.05. The van der Waals surface area contributed by atoms with E-state index in [1.807, 2.05) is 6.07 Å². The third-order valence-electron chi connectivity index (χ3n) is 4.32. The summed E-state index contributed by atoms with van der Waals surface area (Å²) in [5.74, 6) is -1.25. The molecule has 2 N–H and O–H groups in total. The van der Waals surface area contributed by atoms with Crippen molar-refractivity contribution >= 4 is 23.6 Å². The van der Waals surface area contributed by atoms with Crippen LogP contribution in [0, 0.1) is 17.2 Å². The molecule has 0 aliphatic rings. The molecular weight excluding hydrogens is 398 g/mol. The molecule has 0 fully saturated rings. The summed E-state index contributed by atoms with van der Waals surface area (Å²) in [5, 5.41) is 20.4. The van der Waals surface area contributed by atoms with Crippen LogP contribution in [0.4, 0.5) is 4.79 Å². The van der Waals surface area contributed by atoms with Crippen molar-refractivity contribution in [3.8, 4) is 22.9 Å². The lowest BCUT2D eigenvalue weighted by Gasteiger charge is -2.23. The second-order valence-electron chi connectivity index (χ2n) is 6.14. The summed E-state index contributed by atoms with van der Waals surface area (Å²) in [6, 6.07) is 6.67. The molecule has 0 saturated heterocycles. The molecule has 8 nitrogen and oxygen atoms in total. The molecule has 29 heavy (non-hydrogen) atoms. The number of nitrogens with zero attached hydrogens (tertiary/aromatic N) is 2. The van der Waals surface area contributed by atoms with Crippen molar-refractivity contribution in [1.82, 2.24) is 9.88 Å². The summed E-state index contributed by atoms with van der Waals surface area (Å²) >= 11 is 6.04. The van der Waals surface area contributed by atoms with Crippen LogP contribution in [0.15, 0.2) is 47.9 Å². The first-order valence-electron chi connectivity index (χ1n) is 8.40. The van der Waals surface area contributed by atoms with Gasteiger partial charge in [-0.25, -0.2) is 4.79 Å². The van der Waals surface area contributed by atoms with Crippen LogP contribution < -0.4 is 15.6 Å². The molecule has 1 heterocycles. The molecule has 2 unspecified atom stereocenters. The van der Waals surface area contributed by atoms with Crippen LogP contribution in [0.5, 0.6) is 5.75 Å². The first-order chi connectivity index (χ1) is 13.7. The monoisotopic (exact) mass is 415 g/mol. The van der Waals surface area contributed by atoms with Gasteiger partial charge in [0.05, 0.1) is 24.9 Å². The number of carboxylic acid groups (broad SMARTS) is 1. The minimum absolute atomic E-state index is 0.202. The number of hydrogen-bond acceptors (Lipinski definition) is 5. The summed E-state index contributed by atoms with van der Waals surface area (Å²) in [6.45, 7) is 5.24. The molecule has 0 radical (unpaired) electrons. The lowest BCUT2D eigenvalue weighted by Crippen LogP contribution is -2.41. The molecule has 0 aliphatic carbocycles. The average Bonchev–Trinajstić information content (AvgIpc) is 2.68. The largest absolute Gasteiger partial charge is 0.495 e. The molecular formula is C20H18ClN3O5. The maximum atomic E-state index is 12.8. The van der Waals surface area contributed by atoms with Gasteiger partial charge in [-0.1, -0.05) is 24.6 Å². The van der Waals surface area contributed by atoms with E-state index in [2.05, 4.69) is 6.58 Å². The lowest BCUT2D eigenvalue weighted by atomic mass is 9.98. The molecule has 0 saturated carbocycles. The van der Waals surface area contributed by atoms with Crippen molar-refractivity contribution in [3.63, 3.8) is 0 Å². The molecule has 0 bridgehead atoms. The highest BCUT2D eigenvalue weighted by Gasteiger charge is 2.28. The zero-order valence-electron chi connectivity index (χ0n) is 15.7. The minimum atomic E-state index is -1.54. The van der Waals surface area contributed by atoms with E-state index in [9.17, 15) is 19.6 Å². The molecule has 1 aromatic carbocycles. The summed E-state index contributed by atoms with van der Waals surface area (Å²) in [7, 11) is 1.37. The number of nitrogens with one attached hydrogen (secondary N) is 1. The van der Waals surface area contributed by atoms with Gasteiger partial charge >= 0.3 is 6.09 Å². The number of hydrogen-bond donors (Lipinski definition) is 2. The number of carbonyl (C=O) groups excluding carboxylic acids is 1. The fourth-order valence-electron chi connectivity index (χ4n) is 2.88. The van der Waals surface area contributed by atoms with Gasteiger partial charge in [-0.15, -0.1) is 6.58 Å². The summed E-state index contributed by atoms with van der Waals surface area (Å²) < 4.78 is 6.45. The Hall–Kier alpha value is -3.57. The highest BCUT2D eigenvalue weighted by Crippen LogP contribution is 2.33. The van der Waals surface area contributed by atoms with E-state index in [0.717, 1.165) is 4.57 Å². The van der Waals surface area contributed by atoms with Gasteiger partial charge in [-0.2, -0.15) is 5.26 Å². The summed E-state index contributed by atoms with van der Waals surface area (Å²) in [6.07, 6.45) is 1.20. The topological polar surface area (TPSA) is 121 Å². The maximum absolute atomic E-state index is 12.8. The first kappa shape index (κ1) is 21.7. The number of rotatable bonds is 6. The zero-order valence-corrected chi connectivity index (χ0v) is 16.4. The van der Waals surface area contributed by atoms with Crippen LogP contribution in [-0.4, -0.2) is 28.8 Å². The van der Waals surface area contributed by atoms with Gasteiger partial charge in [0.1, 0.15) is 11.8 Å². The van der Waals surface area contributed by atoms with Crippen molar-refractivity contribution < 1.29 is 19.4 Å². The summed E-state index contributed by atoms with van der Waals surface area (Å²) in [4.78, 5) is 36.1. The summed E-state index contributed by atoms with van der Waals surface area (Å²) in [5.41, 5.74) is 0.397. The number of pyridine rings is 1. The second kappa shape index (κ2) is 9.08. The van der Waals surface area contributed by atoms with Crippen molar-refractivity contribution in [2.75, 3.05) is 7.11 Å². The SMILES string of the molecule is C=CC(C)C(C(=O)NC(=O)O)n1cc(OC)c(-c2cc(Cl)ccc2C#N)cc1=O. The standard InChI is InChI=1S/C20H18ClN3O5/c1-4-11(2)18(19(26)23-20(27)28)24-10-16(29-3)15(8-17(24)25)14-7-13(21)6-5-12(14)9-22/h4-8,10-11,18H,1H2,2-3H3,(H,23,26)(H,27,28). The van der Waals surface area contributed by atoms with Crippen molar-refractivity contribution in [2.45, 2.75) is 13.0 Å². The molecule has 2 atom stereocenters. The first-order valence-corrected chi connectivity index (χ1v) is 8.77. The van der Waals surface area contributed by atoms with E-state index >= 15 is 0 Å². The van der Waals surface area contributed by atoms with Gasteiger partial charge < -0.3 is 9.84 Å². The molecule has 2 amide bonds. The van der Waals surface area contributed by atoms with Crippen LogP contribution >= 0.6 is 11.6 Å². The fraction of sp³-hybridized carbons (Fsp3) is 0.200. The number of aromatic nitrogens is 1. The van der Waals surface area contributed by atoms with E-state index in [1.165, 1.54) is 37.6 Å². The number of imide groups is 1. The number of ether oxygens (including phenoxy) is 1. The molecule has 9 heteroatoms. The van der Waals surface area contributed by atoms with Gasteiger partial charge in [0.15, 0.2) is 0 Å². The Labute approximate surface area is 171 Å². The predicted octanol–water partition coefficient (Wildman–Crippen LogP) is 3.21. The number of benzene rings is 1. The van der Waals surface area contributed by atoms with Crippen molar-refractivity contribution in [1.29, 1.82) is 5.26 Å². The number of carbonyl (C=O) groups is 2. The van der Waals surface area contributed by atoms with E-state index in [1.54, 1.807) is 18.3 Å². The van der Waals surface area contributed by atoms with Crippen LogP contribution in [0.1, 0.15) is 18.5 Å². The highest BCUT2D eigenvalue weighted by molar-refractivity contribution is 6.31. The Bertz CT molecular complexity index is 1070. The number of amides is 2. The van der Waals surface area contributed by atoms with Gasteiger partial charge in [0, 0.05) is 28.1 Å².